The predicted molar refractivity (Wildman–Crippen MR) is 120 cm³/mol. The molecular weight excluding hydrogens is 390 g/mol. The summed E-state index contributed by atoms with van der Waals surface area (Å²) in [5.41, 5.74) is 4.83. The molecule has 0 saturated carbocycles. The van der Waals surface area contributed by atoms with E-state index in [2.05, 4.69) is 28.1 Å². The molecule has 160 valence electrons. The molecule has 0 aliphatic carbocycles. The number of aryl methyl sites for hydroxylation is 2. The SMILES string of the molecule is Cc1nn2c(N3CC[NH+](CCO)CC3)cc(-c3nccn3C)nc2c1-c1ccccc1. The van der Waals surface area contributed by atoms with E-state index in [4.69, 9.17) is 10.1 Å². The average molecular weight is 419 g/mol. The maximum absolute atomic E-state index is 9.29. The summed E-state index contributed by atoms with van der Waals surface area (Å²) in [4.78, 5) is 13.4. The number of nitrogens with one attached hydrogen (secondary N) is 1. The second-order valence-electron chi connectivity index (χ2n) is 8.13. The maximum Gasteiger partial charge on any atom is 0.166 e. The first-order valence-corrected chi connectivity index (χ1v) is 10.8. The number of rotatable bonds is 5. The number of benzene rings is 1. The number of hydrogen-bond donors (Lipinski definition) is 2. The summed E-state index contributed by atoms with van der Waals surface area (Å²) in [7, 11) is 1.99. The molecule has 1 saturated heterocycles. The van der Waals surface area contributed by atoms with Gasteiger partial charge in [-0.15, -0.1) is 0 Å². The van der Waals surface area contributed by atoms with Crippen LogP contribution in [0.1, 0.15) is 5.69 Å². The molecule has 4 aromatic rings. The highest BCUT2D eigenvalue weighted by atomic mass is 16.3. The number of aromatic nitrogens is 5. The van der Waals surface area contributed by atoms with E-state index < -0.39 is 0 Å². The van der Waals surface area contributed by atoms with E-state index in [1.807, 2.05) is 47.4 Å². The summed E-state index contributed by atoms with van der Waals surface area (Å²) >= 11 is 0. The van der Waals surface area contributed by atoms with Crippen LogP contribution in [0.4, 0.5) is 5.82 Å². The highest BCUT2D eigenvalue weighted by Gasteiger charge is 2.25. The number of hydrogen-bond acceptors (Lipinski definition) is 5. The average Bonchev–Trinajstić information content (AvgIpc) is 3.36. The number of quaternary nitrogens is 1. The minimum atomic E-state index is 0.233. The van der Waals surface area contributed by atoms with E-state index in [-0.39, 0.29) is 6.61 Å². The third-order valence-corrected chi connectivity index (χ3v) is 6.12. The molecule has 31 heavy (non-hydrogen) atoms. The summed E-state index contributed by atoms with van der Waals surface area (Å²) in [5.74, 6) is 1.88. The van der Waals surface area contributed by atoms with E-state index in [0.717, 1.165) is 72.5 Å². The van der Waals surface area contributed by atoms with Gasteiger partial charge in [-0.3, -0.25) is 0 Å². The maximum atomic E-state index is 9.29. The van der Waals surface area contributed by atoms with Gasteiger partial charge in [0.2, 0.25) is 0 Å². The van der Waals surface area contributed by atoms with Gasteiger partial charge >= 0.3 is 0 Å². The molecule has 2 N–H and O–H groups in total. The molecule has 0 bridgehead atoms. The van der Waals surface area contributed by atoms with Gasteiger partial charge in [-0.05, 0) is 12.5 Å². The number of anilines is 1. The van der Waals surface area contributed by atoms with Crippen molar-refractivity contribution in [1.29, 1.82) is 0 Å². The van der Waals surface area contributed by atoms with Crippen molar-refractivity contribution in [2.45, 2.75) is 6.92 Å². The Kier molecular flexibility index (Phi) is 5.17. The molecule has 1 fully saturated rings. The van der Waals surface area contributed by atoms with Crippen LogP contribution in [0.2, 0.25) is 0 Å². The zero-order valence-corrected chi connectivity index (χ0v) is 18.0. The van der Waals surface area contributed by atoms with Gasteiger partial charge in [0.05, 0.1) is 38.5 Å². The smallest absolute Gasteiger partial charge is 0.166 e. The summed E-state index contributed by atoms with van der Waals surface area (Å²) in [5, 5.41) is 14.2. The van der Waals surface area contributed by atoms with Crippen molar-refractivity contribution in [3.63, 3.8) is 0 Å². The number of imidazole rings is 1. The summed E-state index contributed by atoms with van der Waals surface area (Å²) < 4.78 is 3.98. The topological polar surface area (TPSA) is 75.9 Å². The normalized spacial score (nSPS) is 15.1. The molecule has 8 nitrogen and oxygen atoms in total. The lowest BCUT2D eigenvalue weighted by Gasteiger charge is -2.33. The van der Waals surface area contributed by atoms with Crippen LogP contribution in [-0.2, 0) is 7.05 Å². The predicted octanol–water partition coefficient (Wildman–Crippen LogP) is 0.802. The largest absolute Gasteiger partial charge is 0.391 e. The quantitative estimate of drug-likeness (QED) is 0.502. The molecule has 4 heterocycles. The third-order valence-electron chi connectivity index (χ3n) is 6.12. The van der Waals surface area contributed by atoms with E-state index >= 15 is 0 Å². The van der Waals surface area contributed by atoms with Gasteiger partial charge in [0.15, 0.2) is 11.5 Å². The fourth-order valence-corrected chi connectivity index (χ4v) is 4.46. The van der Waals surface area contributed by atoms with Gasteiger partial charge in [0.25, 0.3) is 0 Å². The van der Waals surface area contributed by atoms with Crippen molar-refractivity contribution in [1.82, 2.24) is 24.1 Å². The molecule has 1 aliphatic heterocycles. The number of aliphatic hydroxyl groups excluding tert-OH is 1. The Morgan fingerprint density at radius 2 is 1.90 bits per heavy atom. The van der Waals surface area contributed by atoms with Crippen molar-refractivity contribution in [3.05, 3.63) is 54.5 Å². The number of piperazine rings is 1. The Balaban J connectivity index is 1.67. The molecular formula is C23H28N7O+. The third kappa shape index (κ3) is 3.58. The standard InChI is InChI=1S/C23H27N7O/c1-17-21(18-6-4-3-5-7-18)23-25-19(22-24-8-9-27(22)2)16-20(30(23)26-17)29-12-10-28(11-13-29)14-15-31/h3-9,16,31H,10-15H2,1-2H3/p+1. The minimum absolute atomic E-state index is 0.233. The second-order valence-corrected chi connectivity index (χ2v) is 8.13. The van der Waals surface area contributed by atoms with Gasteiger partial charge in [-0.2, -0.15) is 9.61 Å². The monoisotopic (exact) mass is 418 g/mol. The van der Waals surface area contributed by atoms with Crippen LogP contribution < -0.4 is 9.80 Å². The second kappa shape index (κ2) is 8.13. The van der Waals surface area contributed by atoms with Crippen molar-refractivity contribution in [2.24, 2.45) is 7.05 Å². The Morgan fingerprint density at radius 1 is 1.13 bits per heavy atom. The molecule has 1 aliphatic rings. The first-order valence-electron chi connectivity index (χ1n) is 10.8. The molecule has 5 rings (SSSR count). The first kappa shape index (κ1) is 19.7. The van der Waals surface area contributed by atoms with Crippen molar-refractivity contribution in [2.75, 3.05) is 44.2 Å². The number of nitrogens with zero attached hydrogens (tertiary/aromatic N) is 6. The Labute approximate surface area is 181 Å². The zero-order chi connectivity index (χ0) is 21.4. The van der Waals surface area contributed by atoms with E-state index in [1.165, 1.54) is 4.90 Å². The van der Waals surface area contributed by atoms with Gasteiger partial charge in [-0.25, -0.2) is 9.97 Å². The van der Waals surface area contributed by atoms with E-state index in [0.29, 0.717) is 0 Å². The number of fused-ring (bicyclic) bond motifs is 1. The van der Waals surface area contributed by atoms with Crippen LogP contribution in [0.15, 0.2) is 48.8 Å². The van der Waals surface area contributed by atoms with Crippen molar-refractivity contribution < 1.29 is 10.0 Å². The highest BCUT2D eigenvalue weighted by molar-refractivity contribution is 5.82. The van der Waals surface area contributed by atoms with Crippen LogP contribution >= 0.6 is 0 Å². The van der Waals surface area contributed by atoms with Crippen LogP contribution in [0.3, 0.4) is 0 Å². The lowest BCUT2D eigenvalue weighted by molar-refractivity contribution is -0.900. The fraction of sp³-hybridized carbons (Fsp3) is 0.348. The molecule has 1 aromatic carbocycles. The summed E-state index contributed by atoms with van der Waals surface area (Å²) in [6, 6.07) is 12.4. The first-order chi connectivity index (χ1) is 15.2. The van der Waals surface area contributed by atoms with Crippen molar-refractivity contribution in [3.8, 4) is 22.6 Å². The highest BCUT2D eigenvalue weighted by Crippen LogP contribution is 2.32. The van der Waals surface area contributed by atoms with E-state index in [9.17, 15) is 5.11 Å². The van der Waals surface area contributed by atoms with Gasteiger partial charge in [0.1, 0.15) is 18.1 Å². The molecule has 3 aromatic heterocycles. The molecule has 8 heteroatoms. The summed E-state index contributed by atoms with van der Waals surface area (Å²) in [6.07, 6.45) is 3.75. The van der Waals surface area contributed by atoms with Gasteiger partial charge in [0, 0.05) is 31.1 Å². The zero-order valence-electron chi connectivity index (χ0n) is 18.0. The lowest BCUT2D eigenvalue weighted by atomic mass is 10.1. The Hall–Kier alpha value is -3.23. The molecule has 0 unspecified atom stereocenters. The van der Waals surface area contributed by atoms with Gasteiger partial charge in [-0.1, -0.05) is 30.3 Å². The van der Waals surface area contributed by atoms with Crippen LogP contribution in [0, 0.1) is 6.92 Å². The van der Waals surface area contributed by atoms with Crippen LogP contribution in [-0.4, -0.2) is 68.6 Å². The molecule has 0 spiro atoms. The molecule has 0 radical (unpaired) electrons. The fourth-order valence-electron chi connectivity index (χ4n) is 4.46. The summed E-state index contributed by atoms with van der Waals surface area (Å²) in [6.45, 7) is 6.89. The Morgan fingerprint density at radius 3 is 2.58 bits per heavy atom. The lowest BCUT2D eigenvalue weighted by Crippen LogP contribution is -3.15. The van der Waals surface area contributed by atoms with E-state index in [1.54, 1.807) is 6.20 Å². The van der Waals surface area contributed by atoms with Crippen molar-refractivity contribution >= 4 is 11.5 Å². The Bertz CT molecular complexity index is 1190. The van der Waals surface area contributed by atoms with Gasteiger partial charge < -0.3 is 19.5 Å². The molecule has 0 atom stereocenters. The van der Waals surface area contributed by atoms with Crippen LogP contribution in [0.5, 0.6) is 0 Å². The number of aliphatic hydroxyl groups is 1. The minimum Gasteiger partial charge on any atom is -0.391 e. The van der Waals surface area contributed by atoms with Crippen LogP contribution in [0.25, 0.3) is 28.3 Å². The molecule has 0 amide bonds.